The minimum atomic E-state index is 0.544. The summed E-state index contributed by atoms with van der Waals surface area (Å²) in [5.41, 5.74) is 3.58. The second-order valence-electron chi connectivity index (χ2n) is 7.74. The van der Waals surface area contributed by atoms with Crippen molar-refractivity contribution in [2.75, 3.05) is 0 Å². The first-order valence-electron chi connectivity index (χ1n) is 11.1. The molecule has 0 fully saturated rings. The zero-order valence-corrected chi connectivity index (χ0v) is 18.9. The summed E-state index contributed by atoms with van der Waals surface area (Å²) in [7, 11) is 0. The van der Waals surface area contributed by atoms with E-state index < -0.39 is 0 Å². The van der Waals surface area contributed by atoms with Crippen LogP contribution in [0.5, 0.6) is 23.0 Å². The lowest BCUT2D eigenvalue weighted by atomic mass is 10.0. The lowest BCUT2D eigenvalue weighted by Crippen LogP contribution is -1.91. The van der Waals surface area contributed by atoms with E-state index >= 15 is 0 Å². The van der Waals surface area contributed by atoms with E-state index in [4.69, 9.17) is 9.47 Å². The fourth-order valence-electron chi connectivity index (χ4n) is 3.50. The summed E-state index contributed by atoms with van der Waals surface area (Å²) >= 11 is 0. The smallest absolute Gasteiger partial charge is 0.240 e. The lowest BCUT2D eigenvalue weighted by Gasteiger charge is -2.08. The van der Waals surface area contributed by atoms with Crippen LogP contribution in [0, 0.1) is 0 Å². The number of hydrogen-bond acceptors (Lipinski definition) is 6. The summed E-state index contributed by atoms with van der Waals surface area (Å²) in [6.07, 6.45) is 5.99. The molecule has 0 atom stereocenters. The van der Waals surface area contributed by atoms with Crippen LogP contribution in [0.25, 0.3) is 0 Å². The van der Waals surface area contributed by atoms with Crippen LogP contribution in [0.15, 0.2) is 107 Å². The molecule has 0 N–H and O–H groups in total. The maximum atomic E-state index is 10.3. The summed E-state index contributed by atoms with van der Waals surface area (Å²) in [6.45, 7) is 0. The van der Waals surface area contributed by atoms with Gasteiger partial charge < -0.3 is 9.47 Å². The van der Waals surface area contributed by atoms with E-state index in [9.17, 15) is 9.59 Å². The SMILES string of the molecule is O=C=Nc1ccc(Oc2ccc(CCCc3ccc(Oc4ccc(N=C=O)cc4)cc3)cc2)cc1. The van der Waals surface area contributed by atoms with Crippen molar-refractivity contribution in [3.63, 3.8) is 0 Å². The van der Waals surface area contributed by atoms with Gasteiger partial charge in [0.15, 0.2) is 0 Å². The Labute approximate surface area is 203 Å². The summed E-state index contributed by atoms with van der Waals surface area (Å²) in [4.78, 5) is 27.7. The molecule has 0 aliphatic heterocycles. The second kappa shape index (κ2) is 11.9. The van der Waals surface area contributed by atoms with Crippen molar-refractivity contribution in [3.8, 4) is 23.0 Å². The number of benzene rings is 4. The summed E-state index contributed by atoms with van der Waals surface area (Å²) in [5.74, 6) is 2.86. The molecule has 6 nitrogen and oxygen atoms in total. The minimum absolute atomic E-state index is 0.544. The topological polar surface area (TPSA) is 77.3 Å². The summed E-state index contributed by atoms with van der Waals surface area (Å²) < 4.78 is 11.7. The molecule has 0 bridgehead atoms. The van der Waals surface area contributed by atoms with Gasteiger partial charge in [-0.1, -0.05) is 24.3 Å². The minimum Gasteiger partial charge on any atom is -0.457 e. The van der Waals surface area contributed by atoms with Gasteiger partial charge in [0, 0.05) is 0 Å². The van der Waals surface area contributed by atoms with Crippen LogP contribution in [-0.2, 0) is 22.4 Å². The number of aryl methyl sites for hydroxylation is 2. The van der Waals surface area contributed by atoms with Crippen molar-refractivity contribution in [3.05, 3.63) is 108 Å². The molecule has 4 aromatic rings. The van der Waals surface area contributed by atoms with E-state index in [-0.39, 0.29) is 0 Å². The zero-order chi connectivity index (χ0) is 24.3. The van der Waals surface area contributed by atoms with Gasteiger partial charge in [0.25, 0.3) is 0 Å². The van der Waals surface area contributed by atoms with Crippen molar-refractivity contribution in [2.24, 2.45) is 9.98 Å². The highest BCUT2D eigenvalue weighted by molar-refractivity contribution is 5.51. The number of rotatable bonds is 10. The van der Waals surface area contributed by atoms with E-state index in [1.54, 1.807) is 48.5 Å². The Balaban J connectivity index is 1.23. The van der Waals surface area contributed by atoms with Gasteiger partial charge in [-0.25, -0.2) is 9.59 Å². The molecule has 35 heavy (non-hydrogen) atoms. The monoisotopic (exact) mass is 462 g/mol. The molecule has 0 aromatic heterocycles. The Morgan fingerprint density at radius 1 is 0.486 bits per heavy atom. The highest BCUT2D eigenvalue weighted by atomic mass is 16.5. The van der Waals surface area contributed by atoms with Crippen LogP contribution in [0.3, 0.4) is 0 Å². The number of ether oxygens (including phenoxy) is 2. The average Bonchev–Trinajstić information content (AvgIpc) is 2.89. The Morgan fingerprint density at radius 2 is 0.800 bits per heavy atom. The number of aliphatic imine (C=N–C) groups is 2. The van der Waals surface area contributed by atoms with Gasteiger partial charge in [0.05, 0.1) is 11.4 Å². The molecule has 0 spiro atoms. The maximum absolute atomic E-state index is 10.3. The molecular formula is C29H22N2O4. The van der Waals surface area contributed by atoms with Crippen molar-refractivity contribution in [2.45, 2.75) is 19.3 Å². The van der Waals surface area contributed by atoms with E-state index in [1.165, 1.54) is 23.3 Å². The Bertz CT molecular complexity index is 1230. The Morgan fingerprint density at radius 3 is 1.11 bits per heavy atom. The van der Waals surface area contributed by atoms with Gasteiger partial charge >= 0.3 is 0 Å². The van der Waals surface area contributed by atoms with Crippen molar-refractivity contribution < 1.29 is 19.1 Å². The summed E-state index contributed by atoms with van der Waals surface area (Å²) in [5, 5.41) is 0. The molecule has 0 unspecified atom stereocenters. The first kappa shape index (κ1) is 23.4. The quantitative estimate of drug-likeness (QED) is 0.182. The molecule has 4 aromatic carbocycles. The van der Waals surface area contributed by atoms with Crippen LogP contribution in [0.4, 0.5) is 11.4 Å². The van der Waals surface area contributed by atoms with E-state index in [1.807, 2.05) is 24.3 Å². The van der Waals surface area contributed by atoms with E-state index in [2.05, 4.69) is 34.3 Å². The average molecular weight is 463 g/mol. The predicted octanol–water partition coefficient (Wildman–Crippen LogP) is 7.38. The molecule has 0 aliphatic rings. The standard InChI is InChI=1S/C29H22N2O4/c32-20-30-24-8-16-28(17-9-24)34-26-12-4-22(5-13-26)2-1-3-23-6-14-27(15-7-23)35-29-18-10-25(11-19-29)31-21-33/h4-19H,1-3H2. The highest BCUT2D eigenvalue weighted by Gasteiger charge is 2.02. The molecule has 0 aliphatic carbocycles. The first-order chi connectivity index (χ1) is 17.2. The van der Waals surface area contributed by atoms with Crippen LogP contribution in [-0.4, -0.2) is 12.2 Å². The van der Waals surface area contributed by atoms with E-state index in [0.29, 0.717) is 22.9 Å². The molecule has 0 radical (unpaired) electrons. The molecular weight excluding hydrogens is 440 g/mol. The van der Waals surface area contributed by atoms with Gasteiger partial charge in [-0.05, 0) is 103 Å². The normalized spacial score (nSPS) is 10.1. The maximum Gasteiger partial charge on any atom is 0.240 e. The van der Waals surface area contributed by atoms with E-state index in [0.717, 1.165) is 30.8 Å². The van der Waals surface area contributed by atoms with Crippen molar-refractivity contribution in [1.29, 1.82) is 0 Å². The van der Waals surface area contributed by atoms with Crippen LogP contribution in [0.2, 0.25) is 0 Å². The first-order valence-corrected chi connectivity index (χ1v) is 11.1. The molecule has 0 saturated carbocycles. The van der Waals surface area contributed by atoms with Crippen LogP contribution in [0.1, 0.15) is 17.5 Å². The molecule has 0 saturated heterocycles. The third-order valence-electron chi connectivity index (χ3n) is 5.27. The van der Waals surface area contributed by atoms with Gasteiger partial charge in [-0.15, -0.1) is 0 Å². The van der Waals surface area contributed by atoms with Gasteiger partial charge in [0.2, 0.25) is 12.2 Å². The summed E-state index contributed by atoms with van der Waals surface area (Å²) in [6, 6.07) is 30.0. The molecule has 6 heteroatoms. The van der Waals surface area contributed by atoms with Crippen LogP contribution >= 0.6 is 0 Å². The molecule has 4 rings (SSSR count). The predicted molar refractivity (Wildman–Crippen MR) is 134 cm³/mol. The van der Waals surface area contributed by atoms with Crippen molar-refractivity contribution in [1.82, 2.24) is 0 Å². The Kier molecular flexibility index (Phi) is 7.97. The largest absolute Gasteiger partial charge is 0.457 e. The van der Waals surface area contributed by atoms with Gasteiger partial charge in [-0.3, -0.25) is 0 Å². The van der Waals surface area contributed by atoms with Gasteiger partial charge in [0.1, 0.15) is 23.0 Å². The number of carbonyl (C=O) groups excluding carboxylic acids is 2. The number of hydrogen-bond donors (Lipinski definition) is 0. The van der Waals surface area contributed by atoms with Crippen molar-refractivity contribution >= 4 is 23.5 Å². The van der Waals surface area contributed by atoms with Gasteiger partial charge in [-0.2, -0.15) is 9.98 Å². The zero-order valence-electron chi connectivity index (χ0n) is 18.9. The van der Waals surface area contributed by atoms with Crippen LogP contribution < -0.4 is 9.47 Å². The second-order valence-corrected chi connectivity index (χ2v) is 7.74. The molecule has 0 heterocycles. The fraction of sp³-hybridized carbons (Fsp3) is 0.103. The highest BCUT2D eigenvalue weighted by Crippen LogP contribution is 2.26. The number of isocyanates is 2. The third-order valence-corrected chi connectivity index (χ3v) is 5.27. The third kappa shape index (κ3) is 7.11. The molecule has 0 amide bonds. The fourth-order valence-corrected chi connectivity index (χ4v) is 3.50. The lowest BCUT2D eigenvalue weighted by molar-refractivity contribution is 0.482. The number of nitrogens with zero attached hydrogens (tertiary/aromatic N) is 2. The Hall–Kier alpha value is -4.76. The molecule has 172 valence electrons.